The van der Waals surface area contributed by atoms with Crippen molar-refractivity contribution in [2.75, 3.05) is 13.1 Å². The predicted octanol–water partition coefficient (Wildman–Crippen LogP) is 2.30. The molecule has 2 aliphatic rings. The fourth-order valence-corrected chi connectivity index (χ4v) is 4.08. The minimum absolute atomic E-state index is 0.104. The fourth-order valence-electron chi connectivity index (χ4n) is 4.08. The van der Waals surface area contributed by atoms with Gasteiger partial charge in [-0.15, -0.1) is 0 Å². The predicted molar refractivity (Wildman–Crippen MR) is 95.7 cm³/mol. The van der Waals surface area contributed by atoms with Crippen LogP contribution in [0.15, 0.2) is 29.0 Å². The van der Waals surface area contributed by atoms with Crippen LogP contribution >= 0.6 is 0 Å². The standard InChI is InChI=1S/C19H25N5O2/c1-13-21-18(26-23-13)14-2-4-16(5-3-14)22-17-8-11-24(12-17)19(25)15-6-9-20-10-7-15/h6-7,9-10,14,16-17,22H,2-5,8,11-12H2,1H3. The minimum Gasteiger partial charge on any atom is -0.339 e. The molecule has 1 unspecified atom stereocenters. The van der Waals surface area contributed by atoms with Crippen LogP contribution in [0.5, 0.6) is 0 Å². The molecule has 0 spiro atoms. The number of rotatable bonds is 4. The van der Waals surface area contributed by atoms with Gasteiger partial charge in [-0.1, -0.05) is 5.16 Å². The van der Waals surface area contributed by atoms with Crippen LogP contribution in [0, 0.1) is 6.92 Å². The molecule has 1 aliphatic heterocycles. The van der Waals surface area contributed by atoms with E-state index in [9.17, 15) is 4.79 Å². The molecule has 1 saturated heterocycles. The molecule has 3 heterocycles. The Balaban J connectivity index is 1.25. The van der Waals surface area contributed by atoms with Crippen LogP contribution in [0.4, 0.5) is 0 Å². The van der Waals surface area contributed by atoms with Gasteiger partial charge in [-0.25, -0.2) is 0 Å². The number of likely N-dealkylation sites (tertiary alicyclic amines) is 1. The highest BCUT2D eigenvalue weighted by Gasteiger charge is 2.31. The van der Waals surface area contributed by atoms with Crippen molar-refractivity contribution in [1.82, 2.24) is 25.3 Å². The van der Waals surface area contributed by atoms with Crippen molar-refractivity contribution in [3.8, 4) is 0 Å². The van der Waals surface area contributed by atoms with E-state index in [4.69, 9.17) is 4.52 Å². The van der Waals surface area contributed by atoms with Crippen molar-refractivity contribution in [3.63, 3.8) is 0 Å². The Hall–Kier alpha value is -2.28. The van der Waals surface area contributed by atoms with E-state index < -0.39 is 0 Å². The molecule has 26 heavy (non-hydrogen) atoms. The van der Waals surface area contributed by atoms with Crippen molar-refractivity contribution >= 4 is 5.91 Å². The molecule has 1 N–H and O–H groups in total. The first-order valence-electron chi connectivity index (χ1n) is 9.44. The molecule has 2 aromatic heterocycles. The molecule has 0 radical (unpaired) electrons. The average Bonchev–Trinajstić information content (AvgIpc) is 3.32. The fraction of sp³-hybridized carbons (Fsp3) is 0.579. The number of hydrogen-bond acceptors (Lipinski definition) is 6. The number of aromatic nitrogens is 3. The average molecular weight is 355 g/mol. The molecular formula is C19H25N5O2. The number of carbonyl (C=O) groups is 1. The summed E-state index contributed by atoms with van der Waals surface area (Å²) in [5.74, 6) is 2.00. The van der Waals surface area contributed by atoms with E-state index in [1.54, 1.807) is 24.5 Å². The summed E-state index contributed by atoms with van der Waals surface area (Å²) in [4.78, 5) is 22.8. The molecule has 1 atom stereocenters. The van der Waals surface area contributed by atoms with Gasteiger partial charge in [-0.05, 0) is 51.2 Å². The van der Waals surface area contributed by atoms with Crippen LogP contribution in [-0.4, -0.2) is 51.1 Å². The van der Waals surface area contributed by atoms with E-state index in [2.05, 4.69) is 20.4 Å². The maximum Gasteiger partial charge on any atom is 0.254 e. The number of hydrogen-bond donors (Lipinski definition) is 1. The van der Waals surface area contributed by atoms with Crippen molar-refractivity contribution < 1.29 is 9.32 Å². The zero-order valence-electron chi connectivity index (χ0n) is 15.1. The summed E-state index contributed by atoms with van der Waals surface area (Å²) in [6.45, 7) is 3.46. The zero-order chi connectivity index (χ0) is 17.9. The minimum atomic E-state index is 0.104. The van der Waals surface area contributed by atoms with Gasteiger partial charge in [0.2, 0.25) is 5.89 Å². The Bertz CT molecular complexity index is 739. The van der Waals surface area contributed by atoms with Crippen molar-refractivity contribution in [3.05, 3.63) is 41.8 Å². The van der Waals surface area contributed by atoms with E-state index >= 15 is 0 Å². The van der Waals surface area contributed by atoms with Gasteiger partial charge < -0.3 is 14.7 Å². The van der Waals surface area contributed by atoms with Gasteiger partial charge in [0.1, 0.15) is 0 Å². The number of nitrogens with one attached hydrogen (secondary N) is 1. The summed E-state index contributed by atoms with van der Waals surface area (Å²) < 4.78 is 5.32. The number of nitrogens with zero attached hydrogens (tertiary/aromatic N) is 4. The van der Waals surface area contributed by atoms with Crippen LogP contribution in [0.25, 0.3) is 0 Å². The molecule has 4 rings (SSSR count). The molecule has 1 saturated carbocycles. The van der Waals surface area contributed by atoms with Gasteiger partial charge in [-0.3, -0.25) is 9.78 Å². The second kappa shape index (κ2) is 7.53. The third kappa shape index (κ3) is 3.77. The van der Waals surface area contributed by atoms with Gasteiger partial charge in [0.05, 0.1) is 0 Å². The summed E-state index contributed by atoms with van der Waals surface area (Å²) in [6, 6.07) is 4.46. The maximum atomic E-state index is 12.5. The maximum absolute atomic E-state index is 12.5. The number of amides is 1. The molecule has 2 aromatic rings. The van der Waals surface area contributed by atoms with Crippen LogP contribution in [0.3, 0.4) is 0 Å². The first-order valence-corrected chi connectivity index (χ1v) is 9.44. The van der Waals surface area contributed by atoms with Crippen molar-refractivity contribution in [2.24, 2.45) is 0 Å². The summed E-state index contributed by atoms with van der Waals surface area (Å²) in [7, 11) is 0. The quantitative estimate of drug-likeness (QED) is 0.906. The Morgan fingerprint density at radius 2 is 1.92 bits per heavy atom. The molecule has 0 bridgehead atoms. The second-order valence-electron chi connectivity index (χ2n) is 7.37. The normalized spacial score (nSPS) is 26.2. The molecule has 7 heteroatoms. The first-order chi connectivity index (χ1) is 12.7. The topological polar surface area (TPSA) is 84.2 Å². The number of pyridine rings is 1. The van der Waals surface area contributed by atoms with Crippen LogP contribution < -0.4 is 5.32 Å². The van der Waals surface area contributed by atoms with Gasteiger partial charge in [0, 0.05) is 49.0 Å². The largest absolute Gasteiger partial charge is 0.339 e. The highest BCUT2D eigenvalue weighted by Crippen LogP contribution is 2.32. The van der Waals surface area contributed by atoms with E-state index in [0.717, 1.165) is 56.6 Å². The summed E-state index contributed by atoms with van der Waals surface area (Å²) in [5.41, 5.74) is 0.719. The summed E-state index contributed by atoms with van der Waals surface area (Å²) >= 11 is 0. The number of aryl methyl sites for hydroxylation is 1. The van der Waals surface area contributed by atoms with Gasteiger partial charge in [0.15, 0.2) is 5.82 Å². The first kappa shape index (κ1) is 17.1. The third-order valence-corrected chi connectivity index (χ3v) is 5.49. The van der Waals surface area contributed by atoms with Crippen LogP contribution in [0.2, 0.25) is 0 Å². The molecule has 0 aromatic carbocycles. The highest BCUT2D eigenvalue weighted by atomic mass is 16.5. The van der Waals surface area contributed by atoms with E-state index in [1.165, 1.54) is 0 Å². The molecular weight excluding hydrogens is 330 g/mol. The Kier molecular flexibility index (Phi) is 4.97. The van der Waals surface area contributed by atoms with Crippen LogP contribution in [-0.2, 0) is 0 Å². The smallest absolute Gasteiger partial charge is 0.254 e. The van der Waals surface area contributed by atoms with Gasteiger partial charge in [-0.2, -0.15) is 4.98 Å². The number of carbonyl (C=O) groups excluding carboxylic acids is 1. The summed E-state index contributed by atoms with van der Waals surface area (Å²) in [6.07, 6.45) is 8.73. The van der Waals surface area contributed by atoms with Crippen molar-refractivity contribution in [1.29, 1.82) is 0 Å². The molecule has 2 fully saturated rings. The zero-order valence-corrected chi connectivity index (χ0v) is 15.1. The van der Waals surface area contributed by atoms with Crippen molar-refractivity contribution in [2.45, 2.75) is 57.0 Å². The molecule has 138 valence electrons. The third-order valence-electron chi connectivity index (χ3n) is 5.49. The Labute approximate surface area is 153 Å². The lowest BCUT2D eigenvalue weighted by molar-refractivity contribution is 0.0788. The SMILES string of the molecule is Cc1noc(C2CCC(NC3CCN(C(=O)c4ccncc4)C3)CC2)n1. The van der Waals surface area contributed by atoms with Gasteiger partial charge >= 0.3 is 0 Å². The lowest BCUT2D eigenvalue weighted by Crippen LogP contribution is -2.42. The van der Waals surface area contributed by atoms with Crippen LogP contribution in [0.1, 0.15) is 60.1 Å². The lowest BCUT2D eigenvalue weighted by Gasteiger charge is -2.29. The monoisotopic (exact) mass is 355 g/mol. The van der Waals surface area contributed by atoms with E-state index in [-0.39, 0.29) is 5.91 Å². The van der Waals surface area contributed by atoms with Gasteiger partial charge in [0.25, 0.3) is 5.91 Å². The summed E-state index contributed by atoms with van der Waals surface area (Å²) in [5, 5.41) is 7.66. The second-order valence-corrected chi connectivity index (χ2v) is 7.37. The molecule has 7 nitrogen and oxygen atoms in total. The Morgan fingerprint density at radius 3 is 2.62 bits per heavy atom. The van der Waals surface area contributed by atoms with E-state index in [0.29, 0.717) is 23.8 Å². The highest BCUT2D eigenvalue weighted by molar-refractivity contribution is 5.94. The molecule has 1 amide bonds. The lowest BCUT2D eigenvalue weighted by atomic mass is 9.85. The Morgan fingerprint density at radius 1 is 1.15 bits per heavy atom. The van der Waals surface area contributed by atoms with E-state index in [1.807, 2.05) is 11.8 Å². The molecule has 1 aliphatic carbocycles.